The van der Waals surface area contributed by atoms with Gasteiger partial charge in [-0.25, -0.2) is 0 Å². The minimum atomic E-state index is 0.0566. The number of anilines is 2. The molecule has 6 heteroatoms. The molecule has 0 spiro atoms. The number of aromatic nitrogens is 3. The van der Waals surface area contributed by atoms with Crippen LogP contribution < -0.4 is 15.0 Å². The van der Waals surface area contributed by atoms with Gasteiger partial charge in [0, 0.05) is 19.6 Å². The number of nitrogens with zero attached hydrogens (tertiary/aromatic N) is 4. The molecular formula is C14H25N5O. The summed E-state index contributed by atoms with van der Waals surface area (Å²) in [4.78, 5) is 15.4. The summed E-state index contributed by atoms with van der Waals surface area (Å²) in [5.74, 6) is 2.10. The fourth-order valence-corrected chi connectivity index (χ4v) is 2.20. The Balaban J connectivity index is 2.19. The molecule has 1 saturated heterocycles. The van der Waals surface area contributed by atoms with Crippen LogP contribution >= 0.6 is 0 Å². The minimum absolute atomic E-state index is 0.0566. The molecule has 112 valence electrons. The van der Waals surface area contributed by atoms with Crippen molar-refractivity contribution in [3.63, 3.8) is 0 Å². The Morgan fingerprint density at radius 1 is 1.25 bits per heavy atom. The molecule has 1 aliphatic heterocycles. The minimum Gasteiger partial charge on any atom is -0.461 e. The van der Waals surface area contributed by atoms with Gasteiger partial charge < -0.3 is 15.0 Å². The SMILES string of the molecule is CCNc1nc(OC(C)C)nc(N2CCC(C)CC2)n1. The average Bonchev–Trinajstić information content (AvgIpc) is 2.38. The molecule has 2 heterocycles. The van der Waals surface area contributed by atoms with E-state index < -0.39 is 0 Å². The Morgan fingerprint density at radius 3 is 2.55 bits per heavy atom. The summed E-state index contributed by atoms with van der Waals surface area (Å²) in [5, 5.41) is 3.14. The van der Waals surface area contributed by atoms with Crippen LogP contribution in [0.5, 0.6) is 6.01 Å². The van der Waals surface area contributed by atoms with Crippen LogP contribution in [0.1, 0.15) is 40.5 Å². The number of hydrogen-bond acceptors (Lipinski definition) is 6. The first-order valence-corrected chi connectivity index (χ1v) is 7.50. The normalized spacial score (nSPS) is 16.6. The van der Waals surface area contributed by atoms with Crippen LogP contribution in [0.2, 0.25) is 0 Å². The van der Waals surface area contributed by atoms with Gasteiger partial charge in [-0.05, 0) is 39.5 Å². The molecule has 2 rings (SSSR count). The van der Waals surface area contributed by atoms with E-state index in [-0.39, 0.29) is 6.10 Å². The molecule has 1 aromatic heterocycles. The molecule has 0 aromatic carbocycles. The number of piperidine rings is 1. The Bertz CT molecular complexity index is 430. The molecule has 6 nitrogen and oxygen atoms in total. The van der Waals surface area contributed by atoms with Crippen molar-refractivity contribution in [1.82, 2.24) is 15.0 Å². The molecule has 0 atom stereocenters. The van der Waals surface area contributed by atoms with Crippen molar-refractivity contribution in [3.05, 3.63) is 0 Å². The summed E-state index contributed by atoms with van der Waals surface area (Å²) in [6.07, 6.45) is 2.42. The molecule has 0 radical (unpaired) electrons. The highest BCUT2D eigenvalue weighted by Gasteiger charge is 2.20. The number of ether oxygens (including phenoxy) is 1. The zero-order chi connectivity index (χ0) is 14.5. The van der Waals surface area contributed by atoms with Gasteiger partial charge in [-0.3, -0.25) is 0 Å². The lowest BCUT2D eigenvalue weighted by Crippen LogP contribution is -2.34. The molecule has 0 amide bonds. The van der Waals surface area contributed by atoms with Gasteiger partial charge in [0.05, 0.1) is 6.10 Å². The van der Waals surface area contributed by atoms with Gasteiger partial charge in [0.15, 0.2) is 0 Å². The predicted molar refractivity (Wildman–Crippen MR) is 80.4 cm³/mol. The lowest BCUT2D eigenvalue weighted by Gasteiger charge is -2.30. The number of hydrogen-bond donors (Lipinski definition) is 1. The third kappa shape index (κ3) is 3.95. The van der Waals surface area contributed by atoms with Crippen LogP contribution in [-0.4, -0.2) is 40.7 Å². The van der Waals surface area contributed by atoms with E-state index in [4.69, 9.17) is 4.74 Å². The molecule has 1 N–H and O–H groups in total. The third-order valence-corrected chi connectivity index (χ3v) is 3.35. The molecule has 1 aromatic rings. The fourth-order valence-electron chi connectivity index (χ4n) is 2.20. The summed E-state index contributed by atoms with van der Waals surface area (Å²) in [5.41, 5.74) is 0. The van der Waals surface area contributed by atoms with E-state index in [9.17, 15) is 0 Å². The van der Waals surface area contributed by atoms with Gasteiger partial charge in [0.25, 0.3) is 0 Å². The van der Waals surface area contributed by atoms with Crippen LogP contribution in [0.3, 0.4) is 0 Å². The number of nitrogens with one attached hydrogen (secondary N) is 1. The first kappa shape index (κ1) is 14.8. The Morgan fingerprint density at radius 2 is 1.95 bits per heavy atom. The van der Waals surface area contributed by atoms with E-state index in [0.29, 0.717) is 12.0 Å². The topological polar surface area (TPSA) is 63.2 Å². The van der Waals surface area contributed by atoms with Crippen molar-refractivity contribution in [2.75, 3.05) is 29.9 Å². The molecule has 1 fully saturated rings. The summed E-state index contributed by atoms with van der Waals surface area (Å²) < 4.78 is 5.62. The first-order chi connectivity index (χ1) is 9.58. The van der Waals surface area contributed by atoms with Crippen LogP contribution in [0, 0.1) is 5.92 Å². The van der Waals surface area contributed by atoms with Crippen LogP contribution in [0.4, 0.5) is 11.9 Å². The maximum Gasteiger partial charge on any atom is 0.323 e. The van der Waals surface area contributed by atoms with E-state index in [1.165, 1.54) is 12.8 Å². The third-order valence-electron chi connectivity index (χ3n) is 3.35. The monoisotopic (exact) mass is 279 g/mol. The van der Waals surface area contributed by atoms with Crippen LogP contribution in [-0.2, 0) is 0 Å². The Labute approximate surface area is 121 Å². The molecule has 1 aliphatic rings. The van der Waals surface area contributed by atoms with E-state index in [0.717, 1.165) is 31.5 Å². The lowest BCUT2D eigenvalue weighted by atomic mass is 10.00. The fraction of sp³-hybridized carbons (Fsp3) is 0.786. The largest absolute Gasteiger partial charge is 0.461 e. The van der Waals surface area contributed by atoms with Gasteiger partial charge in [-0.15, -0.1) is 0 Å². The van der Waals surface area contributed by atoms with Gasteiger partial charge in [-0.2, -0.15) is 15.0 Å². The van der Waals surface area contributed by atoms with Gasteiger partial charge in [0.2, 0.25) is 11.9 Å². The van der Waals surface area contributed by atoms with Gasteiger partial charge >= 0.3 is 6.01 Å². The zero-order valence-corrected chi connectivity index (χ0v) is 12.9. The van der Waals surface area contributed by atoms with Crippen molar-refractivity contribution in [3.8, 4) is 6.01 Å². The second-order valence-electron chi connectivity index (χ2n) is 5.61. The van der Waals surface area contributed by atoms with E-state index in [1.807, 2.05) is 20.8 Å². The highest BCUT2D eigenvalue weighted by Crippen LogP contribution is 2.22. The number of rotatable bonds is 5. The van der Waals surface area contributed by atoms with E-state index >= 15 is 0 Å². The summed E-state index contributed by atoms with van der Waals surface area (Å²) in [6, 6.07) is 0.402. The Hall–Kier alpha value is -1.59. The van der Waals surface area contributed by atoms with Gasteiger partial charge in [0.1, 0.15) is 0 Å². The molecule has 20 heavy (non-hydrogen) atoms. The van der Waals surface area contributed by atoms with Crippen molar-refractivity contribution >= 4 is 11.9 Å². The smallest absolute Gasteiger partial charge is 0.323 e. The molecule has 0 aliphatic carbocycles. The van der Waals surface area contributed by atoms with Crippen molar-refractivity contribution < 1.29 is 4.74 Å². The van der Waals surface area contributed by atoms with Crippen LogP contribution in [0.25, 0.3) is 0 Å². The van der Waals surface area contributed by atoms with Crippen molar-refractivity contribution in [2.45, 2.75) is 46.6 Å². The molecule has 0 bridgehead atoms. The first-order valence-electron chi connectivity index (χ1n) is 7.50. The summed E-state index contributed by atoms with van der Waals surface area (Å²) in [7, 11) is 0. The maximum absolute atomic E-state index is 5.62. The van der Waals surface area contributed by atoms with Crippen molar-refractivity contribution in [2.24, 2.45) is 5.92 Å². The maximum atomic E-state index is 5.62. The second-order valence-corrected chi connectivity index (χ2v) is 5.61. The highest BCUT2D eigenvalue weighted by atomic mass is 16.5. The molecule has 0 unspecified atom stereocenters. The molecule has 0 saturated carbocycles. The summed E-state index contributed by atoms with van der Waals surface area (Å²) in [6.45, 7) is 11.0. The van der Waals surface area contributed by atoms with Crippen molar-refractivity contribution in [1.29, 1.82) is 0 Å². The standard InChI is InChI=1S/C14H25N5O/c1-5-15-12-16-13(18-14(17-12)20-10(2)3)19-8-6-11(4)7-9-19/h10-11H,5-9H2,1-4H3,(H,15,16,17,18). The zero-order valence-electron chi connectivity index (χ0n) is 12.9. The highest BCUT2D eigenvalue weighted by molar-refractivity contribution is 5.38. The summed E-state index contributed by atoms with van der Waals surface area (Å²) >= 11 is 0. The molecular weight excluding hydrogens is 254 g/mol. The Kier molecular flexibility index (Phi) is 4.98. The quantitative estimate of drug-likeness (QED) is 0.892. The van der Waals surface area contributed by atoms with Gasteiger partial charge in [-0.1, -0.05) is 6.92 Å². The predicted octanol–water partition coefficient (Wildman–Crippen LogP) is 2.33. The second kappa shape index (κ2) is 6.72. The van der Waals surface area contributed by atoms with E-state index in [1.54, 1.807) is 0 Å². The van der Waals surface area contributed by atoms with E-state index in [2.05, 4.69) is 32.1 Å². The van der Waals surface area contributed by atoms with Crippen LogP contribution in [0.15, 0.2) is 0 Å². The average molecular weight is 279 g/mol. The lowest BCUT2D eigenvalue weighted by molar-refractivity contribution is 0.222.